The third-order valence-corrected chi connectivity index (χ3v) is 13.7. The standard InChI is InChI=1S/C53H51N5O10S3/c1-51(2,3)66-49(62)52(4,5)68-57-41(39-32-70-50(54-39)56-53(36-26-16-9-17-27-36,37-28-18-10-19-29-37)38-30-20-11-21-31-38)45(59)55-42-46(60)58-43(40(33-69-47(42)58)67-71(6,63)64)48(61)65-44(34-22-12-7-13-23-34)35-24-14-8-15-25-35/h7-33,42-44,47H,1-6H3,(H,54,56)(H,55,59)/t42-,43?,47-/m1/s1. The van der Waals surface area contributed by atoms with Crippen molar-refractivity contribution in [3.05, 3.63) is 202 Å². The molecule has 0 saturated carbocycles. The summed E-state index contributed by atoms with van der Waals surface area (Å²) in [6.07, 6.45) is -0.119. The quantitative estimate of drug-likeness (QED) is 0.0222. The van der Waals surface area contributed by atoms with Gasteiger partial charge in [0, 0.05) is 10.8 Å². The van der Waals surface area contributed by atoms with E-state index in [9.17, 15) is 27.6 Å². The van der Waals surface area contributed by atoms with Gasteiger partial charge in [-0.2, -0.15) is 8.42 Å². The molecule has 6 aromatic rings. The van der Waals surface area contributed by atoms with Crippen LogP contribution in [0.25, 0.3) is 0 Å². The lowest BCUT2D eigenvalue weighted by Crippen LogP contribution is -2.74. The number of nitrogens with zero attached hydrogens (tertiary/aromatic N) is 3. The highest BCUT2D eigenvalue weighted by atomic mass is 32.2. The van der Waals surface area contributed by atoms with Crippen LogP contribution >= 0.6 is 23.1 Å². The van der Waals surface area contributed by atoms with E-state index in [1.165, 1.54) is 30.6 Å². The van der Waals surface area contributed by atoms with Crippen LogP contribution in [0.1, 0.15) is 74.2 Å². The summed E-state index contributed by atoms with van der Waals surface area (Å²) in [4.78, 5) is 68.6. The Balaban J connectivity index is 1.12. The van der Waals surface area contributed by atoms with Gasteiger partial charge in [0.1, 0.15) is 28.2 Å². The van der Waals surface area contributed by atoms with Gasteiger partial charge < -0.3 is 34.0 Å². The summed E-state index contributed by atoms with van der Waals surface area (Å²) in [5.74, 6) is -3.73. The van der Waals surface area contributed by atoms with Gasteiger partial charge in [0.25, 0.3) is 5.91 Å². The molecule has 2 aliphatic heterocycles. The van der Waals surface area contributed by atoms with Crippen LogP contribution in [-0.2, 0) is 53.3 Å². The molecule has 15 nitrogen and oxygen atoms in total. The maximum absolute atomic E-state index is 14.7. The van der Waals surface area contributed by atoms with Gasteiger partial charge in [0.15, 0.2) is 28.7 Å². The second-order valence-electron chi connectivity index (χ2n) is 18.1. The molecule has 71 heavy (non-hydrogen) atoms. The molecule has 0 radical (unpaired) electrons. The molecular weight excluding hydrogens is 963 g/mol. The maximum Gasteiger partial charge on any atom is 0.353 e. The molecule has 1 aromatic heterocycles. The number of esters is 2. The van der Waals surface area contributed by atoms with Crippen LogP contribution in [0.4, 0.5) is 5.13 Å². The van der Waals surface area contributed by atoms with E-state index >= 15 is 0 Å². The Hall–Kier alpha value is -7.28. The SMILES string of the molecule is CC(C)(C)OC(=O)C(C)(C)ON=C(C(=O)N[C@@H]1C(=O)N2C(C(=O)OC(c3ccccc3)c3ccccc3)C(OS(C)(=O)=O)=CS[C@H]12)c1csc(NC(c2ccccc2)(c2ccccc2)c2ccccc2)n1. The molecule has 0 bridgehead atoms. The van der Waals surface area contributed by atoms with Crippen LogP contribution in [0.3, 0.4) is 0 Å². The minimum atomic E-state index is -4.19. The number of nitrogens with one attached hydrogen (secondary N) is 2. The second kappa shape index (κ2) is 20.6. The van der Waals surface area contributed by atoms with E-state index in [0.29, 0.717) is 16.3 Å². The van der Waals surface area contributed by atoms with Gasteiger partial charge in [-0.05, 0) is 62.4 Å². The molecule has 0 aliphatic carbocycles. The number of thiazole rings is 1. The summed E-state index contributed by atoms with van der Waals surface area (Å²) in [7, 11) is -4.19. The Morgan fingerprint density at radius 1 is 0.746 bits per heavy atom. The average molecular weight is 1010 g/mol. The molecule has 3 atom stereocenters. The van der Waals surface area contributed by atoms with Gasteiger partial charge >= 0.3 is 22.1 Å². The van der Waals surface area contributed by atoms with Crippen molar-refractivity contribution in [1.82, 2.24) is 15.2 Å². The number of amides is 2. The van der Waals surface area contributed by atoms with Gasteiger partial charge in [-0.15, -0.1) is 23.1 Å². The second-order valence-corrected chi connectivity index (χ2v) is 21.6. The summed E-state index contributed by atoms with van der Waals surface area (Å²) >= 11 is 2.15. The monoisotopic (exact) mass is 1010 g/mol. The summed E-state index contributed by atoms with van der Waals surface area (Å²) in [6.45, 7) is 7.99. The third-order valence-electron chi connectivity index (χ3n) is 11.3. The van der Waals surface area contributed by atoms with Gasteiger partial charge in [0.05, 0.1) is 6.26 Å². The van der Waals surface area contributed by atoms with Crippen molar-refractivity contribution in [3.8, 4) is 0 Å². The zero-order valence-corrected chi connectivity index (χ0v) is 42.0. The number of fused-ring (bicyclic) bond motifs is 1. The van der Waals surface area contributed by atoms with E-state index in [2.05, 4.69) is 15.8 Å². The lowest BCUT2D eigenvalue weighted by Gasteiger charge is -2.51. The first-order chi connectivity index (χ1) is 33.8. The van der Waals surface area contributed by atoms with Crippen LogP contribution in [0, 0.1) is 0 Å². The number of hydrogen-bond acceptors (Lipinski definition) is 15. The van der Waals surface area contributed by atoms with Crippen LogP contribution in [-0.4, -0.2) is 82.7 Å². The Kier molecular flexibility index (Phi) is 14.5. The smallest absolute Gasteiger partial charge is 0.353 e. The van der Waals surface area contributed by atoms with E-state index in [1.807, 2.05) is 103 Å². The maximum atomic E-state index is 14.7. The number of aromatic nitrogens is 1. The molecule has 8 rings (SSSR count). The van der Waals surface area contributed by atoms with E-state index in [0.717, 1.165) is 39.6 Å². The van der Waals surface area contributed by atoms with Gasteiger partial charge in [-0.25, -0.2) is 14.6 Å². The molecule has 2 N–H and O–H groups in total. The fourth-order valence-corrected chi connectivity index (χ4v) is 10.5. The van der Waals surface area contributed by atoms with Crippen molar-refractivity contribution in [2.45, 2.75) is 74.9 Å². The van der Waals surface area contributed by atoms with Crippen LogP contribution in [0.2, 0.25) is 0 Å². The molecule has 1 fully saturated rings. The predicted molar refractivity (Wildman–Crippen MR) is 271 cm³/mol. The van der Waals surface area contributed by atoms with Crippen molar-refractivity contribution in [3.63, 3.8) is 0 Å². The summed E-state index contributed by atoms with van der Waals surface area (Å²) in [6, 6.07) is 44.5. The number of rotatable bonds is 17. The average Bonchev–Trinajstić information content (AvgIpc) is 3.82. The summed E-state index contributed by atoms with van der Waals surface area (Å²) in [5.41, 5.74) is 0.0448. The van der Waals surface area contributed by atoms with E-state index in [1.54, 1.807) is 74.7 Å². The highest BCUT2D eigenvalue weighted by Gasteiger charge is 2.58. The van der Waals surface area contributed by atoms with Crippen molar-refractivity contribution >= 4 is 67.8 Å². The lowest BCUT2D eigenvalue weighted by atomic mass is 9.77. The zero-order valence-electron chi connectivity index (χ0n) is 39.5. The molecule has 0 spiro atoms. The van der Waals surface area contributed by atoms with Gasteiger partial charge in [-0.3, -0.25) is 9.59 Å². The largest absolute Gasteiger partial charge is 0.457 e. The number of hydrogen-bond donors (Lipinski definition) is 2. The number of oxime groups is 1. The zero-order chi connectivity index (χ0) is 50.6. The van der Waals surface area contributed by atoms with Crippen molar-refractivity contribution in [2.75, 3.05) is 11.6 Å². The van der Waals surface area contributed by atoms with Crippen molar-refractivity contribution < 1.29 is 46.1 Å². The number of β-lactam (4-membered cyclic amide) rings is 1. The van der Waals surface area contributed by atoms with E-state index < -0.39 is 74.2 Å². The van der Waals surface area contributed by atoms with Crippen LogP contribution in [0.15, 0.2) is 173 Å². The van der Waals surface area contributed by atoms with Gasteiger partial charge in [0.2, 0.25) is 11.5 Å². The Bertz CT molecular complexity index is 2920. The fraction of sp³-hybridized carbons (Fsp3) is 0.245. The Labute approximate surface area is 420 Å². The first-order valence-corrected chi connectivity index (χ1v) is 26.1. The molecule has 18 heteroatoms. The Morgan fingerprint density at radius 3 is 1.72 bits per heavy atom. The fourth-order valence-electron chi connectivity index (χ4n) is 8.00. The van der Waals surface area contributed by atoms with E-state index in [4.69, 9.17) is 23.5 Å². The predicted octanol–water partition coefficient (Wildman–Crippen LogP) is 8.31. The molecule has 2 aliphatic rings. The number of anilines is 1. The number of thioether (sulfide) groups is 1. The van der Waals surface area contributed by atoms with Gasteiger partial charge in [-0.1, -0.05) is 157 Å². The lowest BCUT2D eigenvalue weighted by molar-refractivity contribution is -0.179. The highest BCUT2D eigenvalue weighted by Crippen LogP contribution is 2.43. The molecule has 366 valence electrons. The van der Waals surface area contributed by atoms with Crippen molar-refractivity contribution in [2.24, 2.45) is 5.16 Å². The molecule has 1 saturated heterocycles. The Morgan fingerprint density at radius 2 is 1.24 bits per heavy atom. The molecule has 1 unspecified atom stereocenters. The topological polar surface area (TPSA) is 192 Å². The van der Waals surface area contributed by atoms with Crippen molar-refractivity contribution in [1.29, 1.82) is 0 Å². The first-order valence-electron chi connectivity index (χ1n) is 22.4. The highest BCUT2D eigenvalue weighted by molar-refractivity contribution is 8.03. The minimum Gasteiger partial charge on any atom is -0.457 e. The molecule has 2 amide bonds. The number of carbonyl (C=O) groups excluding carboxylic acids is 4. The number of carbonyl (C=O) groups is 4. The molecule has 3 heterocycles. The molecule has 5 aromatic carbocycles. The van der Waals surface area contributed by atoms with Crippen LogP contribution in [0.5, 0.6) is 0 Å². The normalized spacial score (nSPS) is 17.3. The third kappa shape index (κ3) is 11.2. The minimum absolute atomic E-state index is 0.0380. The summed E-state index contributed by atoms with van der Waals surface area (Å²) < 4.78 is 42.1. The summed E-state index contributed by atoms with van der Waals surface area (Å²) in [5, 5.41) is 13.0. The molecular formula is C53H51N5O10S3. The number of ether oxygens (including phenoxy) is 2. The van der Waals surface area contributed by atoms with Crippen LogP contribution < -0.4 is 10.6 Å². The first kappa shape index (κ1) is 50.1. The van der Waals surface area contributed by atoms with E-state index in [-0.39, 0.29) is 17.2 Å². The number of benzene rings is 5.